The molecule has 0 aromatic heterocycles. The van der Waals surface area contributed by atoms with Crippen LogP contribution in [0.15, 0.2) is 48.5 Å². The number of hydrogen-bond donors (Lipinski definition) is 2. The molecule has 0 radical (unpaired) electrons. The highest BCUT2D eigenvalue weighted by Gasteiger charge is 2.14. The van der Waals surface area contributed by atoms with Crippen LogP contribution in [0.5, 0.6) is 0 Å². The minimum absolute atomic E-state index is 0.0130. The maximum Gasteiger partial charge on any atom is 0.239 e. The van der Waals surface area contributed by atoms with E-state index in [4.69, 9.17) is 0 Å². The van der Waals surface area contributed by atoms with Gasteiger partial charge < -0.3 is 10.6 Å². The second-order valence-corrected chi connectivity index (χ2v) is 6.24. The summed E-state index contributed by atoms with van der Waals surface area (Å²) in [7, 11) is 0. The lowest BCUT2D eigenvalue weighted by molar-refractivity contribution is -0.120. The summed E-state index contributed by atoms with van der Waals surface area (Å²) < 4.78 is 0. The minimum atomic E-state index is 0.0130. The SMILES string of the molecule is CC(NC(=O)CNc1ccccc1)c1ccc2c(c1)CCCC2. The van der Waals surface area contributed by atoms with Crippen LogP contribution in [0.3, 0.4) is 0 Å². The van der Waals surface area contributed by atoms with Crippen molar-refractivity contribution in [3.05, 3.63) is 65.2 Å². The van der Waals surface area contributed by atoms with Crippen molar-refractivity contribution in [3.63, 3.8) is 0 Å². The molecule has 0 bridgehead atoms. The molecule has 2 aromatic carbocycles. The number of anilines is 1. The van der Waals surface area contributed by atoms with Gasteiger partial charge in [-0.15, -0.1) is 0 Å². The summed E-state index contributed by atoms with van der Waals surface area (Å²) in [6.45, 7) is 2.34. The van der Waals surface area contributed by atoms with E-state index in [9.17, 15) is 4.79 Å². The lowest BCUT2D eigenvalue weighted by Crippen LogP contribution is -2.32. The van der Waals surface area contributed by atoms with E-state index >= 15 is 0 Å². The number of rotatable bonds is 5. The molecule has 1 aliphatic carbocycles. The lowest BCUT2D eigenvalue weighted by Gasteiger charge is -2.20. The fourth-order valence-electron chi connectivity index (χ4n) is 3.14. The average molecular weight is 308 g/mol. The van der Waals surface area contributed by atoms with E-state index in [1.807, 2.05) is 37.3 Å². The van der Waals surface area contributed by atoms with Gasteiger partial charge in [-0.05, 0) is 61.4 Å². The van der Waals surface area contributed by atoms with Crippen LogP contribution < -0.4 is 10.6 Å². The zero-order valence-corrected chi connectivity index (χ0v) is 13.6. The van der Waals surface area contributed by atoms with Gasteiger partial charge in [0.15, 0.2) is 0 Å². The average Bonchev–Trinajstić information content (AvgIpc) is 2.60. The number of fused-ring (bicyclic) bond motifs is 1. The highest BCUT2D eigenvalue weighted by molar-refractivity contribution is 5.81. The molecular formula is C20H24N2O. The molecule has 3 heteroatoms. The molecule has 0 saturated heterocycles. The fourth-order valence-corrected chi connectivity index (χ4v) is 3.14. The van der Waals surface area contributed by atoms with Crippen LogP contribution in [0.1, 0.15) is 42.5 Å². The second-order valence-electron chi connectivity index (χ2n) is 6.24. The number of carbonyl (C=O) groups is 1. The highest BCUT2D eigenvalue weighted by Crippen LogP contribution is 2.24. The van der Waals surface area contributed by atoms with E-state index in [-0.39, 0.29) is 11.9 Å². The number of amides is 1. The van der Waals surface area contributed by atoms with E-state index in [1.54, 1.807) is 0 Å². The topological polar surface area (TPSA) is 41.1 Å². The molecular weight excluding hydrogens is 284 g/mol. The normalized spacial score (nSPS) is 14.7. The first-order valence-corrected chi connectivity index (χ1v) is 8.42. The first-order valence-electron chi connectivity index (χ1n) is 8.42. The van der Waals surface area contributed by atoms with Crippen molar-refractivity contribution in [3.8, 4) is 0 Å². The molecule has 3 rings (SSSR count). The van der Waals surface area contributed by atoms with Gasteiger partial charge in [-0.2, -0.15) is 0 Å². The molecule has 23 heavy (non-hydrogen) atoms. The van der Waals surface area contributed by atoms with Crippen molar-refractivity contribution in [2.75, 3.05) is 11.9 Å². The van der Waals surface area contributed by atoms with Crippen LogP contribution >= 0.6 is 0 Å². The Labute approximate surface area is 138 Å². The molecule has 0 aliphatic heterocycles. The largest absolute Gasteiger partial charge is 0.376 e. The second kappa shape index (κ2) is 7.32. The summed E-state index contributed by atoms with van der Waals surface area (Å²) in [5.41, 5.74) is 5.09. The third kappa shape index (κ3) is 4.13. The third-order valence-electron chi connectivity index (χ3n) is 4.48. The Morgan fingerprint density at radius 3 is 2.57 bits per heavy atom. The number of aryl methyl sites for hydroxylation is 2. The molecule has 120 valence electrons. The van der Waals surface area contributed by atoms with Crippen LogP contribution in [0.4, 0.5) is 5.69 Å². The first kappa shape index (κ1) is 15.6. The number of para-hydroxylation sites is 1. The molecule has 0 fully saturated rings. The summed E-state index contributed by atoms with van der Waals surface area (Å²) >= 11 is 0. The Bertz CT molecular complexity index is 667. The smallest absolute Gasteiger partial charge is 0.239 e. The molecule has 3 nitrogen and oxygen atoms in total. The molecule has 0 heterocycles. The Morgan fingerprint density at radius 2 is 1.78 bits per heavy atom. The molecule has 2 N–H and O–H groups in total. The van der Waals surface area contributed by atoms with Crippen molar-refractivity contribution < 1.29 is 4.79 Å². The van der Waals surface area contributed by atoms with Crippen molar-refractivity contribution in [2.45, 2.75) is 38.6 Å². The Balaban J connectivity index is 1.56. The van der Waals surface area contributed by atoms with E-state index < -0.39 is 0 Å². The molecule has 1 amide bonds. The van der Waals surface area contributed by atoms with Gasteiger partial charge in [0, 0.05) is 5.69 Å². The van der Waals surface area contributed by atoms with E-state index in [2.05, 4.69) is 28.8 Å². The van der Waals surface area contributed by atoms with Gasteiger partial charge in [-0.3, -0.25) is 4.79 Å². The number of hydrogen-bond acceptors (Lipinski definition) is 2. The molecule has 2 aromatic rings. The van der Waals surface area contributed by atoms with Crippen molar-refractivity contribution in [1.29, 1.82) is 0 Å². The highest BCUT2D eigenvalue weighted by atomic mass is 16.1. The number of nitrogens with one attached hydrogen (secondary N) is 2. The van der Waals surface area contributed by atoms with E-state index in [1.165, 1.54) is 42.4 Å². The van der Waals surface area contributed by atoms with Gasteiger partial charge >= 0.3 is 0 Å². The zero-order valence-electron chi connectivity index (χ0n) is 13.6. The van der Waals surface area contributed by atoms with Gasteiger partial charge in [0.2, 0.25) is 5.91 Å². The van der Waals surface area contributed by atoms with Gasteiger partial charge in [0.1, 0.15) is 0 Å². The Hall–Kier alpha value is -2.29. The monoisotopic (exact) mass is 308 g/mol. The lowest BCUT2D eigenvalue weighted by atomic mass is 9.89. The summed E-state index contributed by atoms with van der Waals surface area (Å²) in [6, 6.07) is 16.5. The van der Waals surface area contributed by atoms with Crippen LogP contribution in [0.25, 0.3) is 0 Å². The quantitative estimate of drug-likeness (QED) is 0.881. The minimum Gasteiger partial charge on any atom is -0.376 e. The van der Waals surface area contributed by atoms with Crippen molar-refractivity contribution in [1.82, 2.24) is 5.32 Å². The van der Waals surface area contributed by atoms with Gasteiger partial charge in [-0.25, -0.2) is 0 Å². The summed E-state index contributed by atoms with van der Waals surface area (Å²) in [5.74, 6) is 0.0130. The van der Waals surface area contributed by atoms with Crippen LogP contribution in [-0.2, 0) is 17.6 Å². The molecule has 1 aliphatic rings. The third-order valence-corrected chi connectivity index (χ3v) is 4.48. The standard InChI is InChI=1S/C20H24N2O/c1-15(17-12-11-16-7-5-6-8-18(16)13-17)22-20(23)14-21-19-9-3-2-4-10-19/h2-4,9-13,15,21H,5-8,14H2,1H3,(H,22,23). The summed E-state index contributed by atoms with van der Waals surface area (Å²) in [5, 5.41) is 6.21. The molecule has 0 spiro atoms. The maximum atomic E-state index is 12.1. The van der Waals surface area contributed by atoms with Crippen molar-refractivity contribution in [2.24, 2.45) is 0 Å². The fraction of sp³-hybridized carbons (Fsp3) is 0.350. The van der Waals surface area contributed by atoms with Gasteiger partial charge in [-0.1, -0.05) is 36.4 Å². The van der Waals surface area contributed by atoms with E-state index in [0.717, 1.165) is 5.69 Å². The number of benzene rings is 2. The van der Waals surface area contributed by atoms with Gasteiger partial charge in [0.25, 0.3) is 0 Å². The van der Waals surface area contributed by atoms with Crippen LogP contribution in [0, 0.1) is 0 Å². The first-order chi connectivity index (χ1) is 11.2. The Kier molecular flexibility index (Phi) is 4.96. The van der Waals surface area contributed by atoms with Crippen molar-refractivity contribution >= 4 is 11.6 Å². The molecule has 1 unspecified atom stereocenters. The predicted molar refractivity (Wildman–Crippen MR) is 94.6 cm³/mol. The molecule has 1 atom stereocenters. The summed E-state index contributed by atoms with van der Waals surface area (Å²) in [4.78, 5) is 12.1. The molecule has 0 saturated carbocycles. The van der Waals surface area contributed by atoms with Crippen LogP contribution in [0.2, 0.25) is 0 Å². The zero-order chi connectivity index (χ0) is 16.1. The summed E-state index contributed by atoms with van der Waals surface area (Å²) in [6.07, 6.45) is 4.93. The van der Waals surface area contributed by atoms with Crippen LogP contribution in [-0.4, -0.2) is 12.5 Å². The predicted octanol–water partition coefficient (Wildman–Crippen LogP) is 3.85. The van der Waals surface area contributed by atoms with E-state index in [0.29, 0.717) is 6.54 Å². The maximum absolute atomic E-state index is 12.1. The Morgan fingerprint density at radius 1 is 1.04 bits per heavy atom. The number of carbonyl (C=O) groups excluding carboxylic acids is 1. The van der Waals surface area contributed by atoms with Gasteiger partial charge in [0.05, 0.1) is 12.6 Å².